The van der Waals surface area contributed by atoms with E-state index in [-0.39, 0.29) is 0 Å². The molecule has 0 spiro atoms. The number of nitrogens with one attached hydrogen (secondary N) is 2. The first-order valence-corrected chi connectivity index (χ1v) is 6.73. The normalized spacial score (nSPS) is 21.4. The first-order valence-electron chi connectivity index (χ1n) is 6.73. The zero-order valence-electron chi connectivity index (χ0n) is 10.5. The molecule has 0 aromatic rings. The first-order chi connectivity index (χ1) is 7.29. The van der Waals surface area contributed by atoms with Crippen molar-refractivity contribution in [3.63, 3.8) is 0 Å². The van der Waals surface area contributed by atoms with Crippen LogP contribution in [0.5, 0.6) is 0 Å². The molecule has 15 heavy (non-hydrogen) atoms. The van der Waals surface area contributed by atoms with E-state index in [0.717, 1.165) is 12.0 Å². The predicted octanol–water partition coefficient (Wildman–Crippen LogP) is 2.54. The van der Waals surface area contributed by atoms with Gasteiger partial charge in [-0.05, 0) is 31.8 Å². The molecule has 1 aliphatic heterocycles. The van der Waals surface area contributed by atoms with E-state index in [1.807, 2.05) is 0 Å². The summed E-state index contributed by atoms with van der Waals surface area (Å²) in [4.78, 5) is 0. The Morgan fingerprint density at radius 2 is 2.00 bits per heavy atom. The van der Waals surface area contributed by atoms with Gasteiger partial charge in [-0.2, -0.15) is 0 Å². The monoisotopic (exact) mass is 212 g/mol. The Bertz CT molecular complexity index is 139. The molecule has 1 rings (SSSR count). The second kappa shape index (κ2) is 8.12. The Morgan fingerprint density at radius 1 is 1.20 bits per heavy atom. The van der Waals surface area contributed by atoms with E-state index in [1.165, 1.54) is 58.2 Å². The SMILES string of the molecule is CC(C)CCCCCCNC1CCNC1. The quantitative estimate of drug-likeness (QED) is 0.604. The van der Waals surface area contributed by atoms with Gasteiger partial charge >= 0.3 is 0 Å². The van der Waals surface area contributed by atoms with Crippen LogP contribution in [0.2, 0.25) is 0 Å². The van der Waals surface area contributed by atoms with Crippen LogP contribution in [-0.2, 0) is 0 Å². The Labute approximate surface area is 95.2 Å². The molecule has 2 heteroatoms. The minimum absolute atomic E-state index is 0.751. The molecule has 2 N–H and O–H groups in total. The lowest BCUT2D eigenvalue weighted by molar-refractivity contribution is 0.492. The molecular weight excluding hydrogens is 184 g/mol. The Morgan fingerprint density at radius 3 is 2.67 bits per heavy atom. The van der Waals surface area contributed by atoms with Gasteiger partial charge in [-0.1, -0.05) is 39.5 Å². The maximum atomic E-state index is 3.62. The maximum Gasteiger partial charge on any atom is 0.0204 e. The van der Waals surface area contributed by atoms with Gasteiger partial charge in [-0.15, -0.1) is 0 Å². The zero-order valence-corrected chi connectivity index (χ0v) is 10.5. The van der Waals surface area contributed by atoms with Crippen LogP contribution >= 0.6 is 0 Å². The van der Waals surface area contributed by atoms with Gasteiger partial charge < -0.3 is 10.6 Å². The fourth-order valence-corrected chi connectivity index (χ4v) is 2.17. The van der Waals surface area contributed by atoms with Crippen molar-refractivity contribution in [2.24, 2.45) is 5.92 Å². The predicted molar refractivity (Wildman–Crippen MR) is 67.2 cm³/mol. The summed E-state index contributed by atoms with van der Waals surface area (Å²) in [5, 5.41) is 7.00. The molecule has 1 heterocycles. The van der Waals surface area contributed by atoms with Crippen LogP contribution in [0.25, 0.3) is 0 Å². The van der Waals surface area contributed by atoms with Crippen molar-refractivity contribution < 1.29 is 0 Å². The van der Waals surface area contributed by atoms with Crippen LogP contribution in [0.4, 0.5) is 0 Å². The third kappa shape index (κ3) is 6.91. The molecule has 1 atom stereocenters. The van der Waals surface area contributed by atoms with Crippen LogP contribution in [-0.4, -0.2) is 25.7 Å². The Balaban J connectivity index is 1.76. The number of hydrogen-bond acceptors (Lipinski definition) is 2. The molecule has 0 aromatic heterocycles. The molecule has 0 radical (unpaired) electrons. The van der Waals surface area contributed by atoms with Gasteiger partial charge in [-0.3, -0.25) is 0 Å². The van der Waals surface area contributed by atoms with Gasteiger partial charge in [-0.25, -0.2) is 0 Å². The summed E-state index contributed by atoms with van der Waals surface area (Å²) in [6, 6.07) is 0.751. The molecular formula is C13H28N2. The summed E-state index contributed by atoms with van der Waals surface area (Å²) in [5.74, 6) is 0.882. The van der Waals surface area contributed by atoms with E-state index in [9.17, 15) is 0 Å². The van der Waals surface area contributed by atoms with Crippen molar-refractivity contribution in [1.29, 1.82) is 0 Å². The third-order valence-electron chi connectivity index (χ3n) is 3.20. The van der Waals surface area contributed by atoms with Crippen molar-refractivity contribution in [2.75, 3.05) is 19.6 Å². The molecule has 90 valence electrons. The molecule has 1 saturated heterocycles. The van der Waals surface area contributed by atoms with E-state index < -0.39 is 0 Å². The van der Waals surface area contributed by atoms with Gasteiger partial charge in [0, 0.05) is 12.6 Å². The highest BCUT2D eigenvalue weighted by Crippen LogP contribution is 2.09. The van der Waals surface area contributed by atoms with Crippen molar-refractivity contribution in [1.82, 2.24) is 10.6 Å². The maximum absolute atomic E-state index is 3.62. The summed E-state index contributed by atoms with van der Waals surface area (Å²) in [5.41, 5.74) is 0. The Hall–Kier alpha value is -0.0800. The molecule has 0 bridgehead atoms. The minimum atomic E-state index is 0.751. The number of hydrogen-bond donors (Lipinski definition) is 2. The van der Waals surface area contributed by atoms with Gasteiger partial charge in [0.05, 0.1) is 0 Å². The van der Waals surface area contributed by atoms with Crippen LogP contribution in [0.3, 0.4) is 0 Å². The van der Waals surface area contributed by atoms with Crippen LogP contribution < -0.4 is 10.6 Å². The third-order valence-corrected chi connectivity index (χ3v) is 3.20. The molecule has 0 amide bonds. The lowest BCUT2D eigenvalue weighted by Gasteiger charge is -2.10. The summed E-state index contributed by atoms with van der Waals surface area (Å²) in [6.07, 6.45) is 8.31. The largest absolute Gasteiger partial charge is 0.315 e. The van der Waals surface area contributed by atoms with Crippen LogP contribution in [0, 0.1) is 5.92 Å². The first kappa shape index (κ1) is 13.0. The highest BCUT2D eigenvalue weighted by molar-refractivity contribution is 4.76. The van der Waals surface area contributed by atoms with Crippen molar-refractivity contribution in [2.45, 2.75) is 58.4 Å². The molecule has 2 nitrogen and oxygen atoms in total. The van der Waals surface area contributed by atoms with Crippen LogP contribution in [0.15, 0.2) is 0 Å². The molecule has 1 aliphatic rings. The second-order valence-electron chi connectivity index (χ2n) is 5.24. The van der Waals surface area contributed by atoms with Crippen LogP contribution in [0.1, 0.15) is 52.4 Å². The summed E-state index contributed by atoms with van der Waals surface area (Å²) in [7, 11) is 0. The molecule has 0 saturated carbocycles. The lowest BCUT2D eigenvalue weighted by atomic mass is 10.0. The van der Waals surface area contributed by atoms with Gasteiger partial charge in [0.2, 0.25) is 0 Å². The topological polar surface area (TPSA) is 24.1 Å². The average molecular weight is 212 g/mol. The van der Waals surface area contributed by atoms with Gasteiger partial charge in [0.25, 0.3) is 0 Å². The molecule has 1 fully saturated rings. The van der Waals surface area contributed by atoms with Gasteiger partial charge in [0.15, 0.2) is 0 Å². The number of unbranched alkanes of at least 4 members (excludes halogenated alkanes) is 3. The highest BCUT2D eigenvalue weighted by Gasteiger charge is 2.12. The fraction of sp³-hybridized carbons (Fsp3) is 1.00. The number of rotatable bonds is 8. The minimum Gasteiger partial charge on any atom is -0.315 e. The molecule has 0 aromatic carbocycles. The van der Waals surface area contributed by atoms with E-state index in [2.05, 4.69) is 24.5 Å². The van der Waals surface area contributed by atoms with E-state index >= 15 is 0 Å². The van der Waals surface area contributed by atoms with Crippen molar-refractivity contribution in [3.05, 3.63) is 0 Å². The van der Waals surface area contributed by atoms with E-state index in [0.29, 0.717) is 0 Å². The highest BCUT2D eigenvalue weighted by atomic mass is 15.0. The smallest absolute Gasteiger partial charge is 0.0204 e. The van der Waals surface area contributed by atoms with E-state index in [4.69, 9.17) is 0 Å². The standard InChI is InChI=1S/C13H28N2/c1-12(2)7-5-3-4-6-9-15-13-8-10-14-11-13/h12-15H,3-11H2,1-2H3. The fourth-order valence-electron chi connectivity index (χ4n) is 2.17. The van der Waals surface area contributed by atoms with Crippen molar-refractivity contribution in [3.8, 4) is 0 Å². The summed E-state index contributed by atoms with van der Waals surface area (Å²) >= 11 is 0. The summed E-state index contributed by atoms with van der Waals surface area (Å²) < 4.78 is 0. The average Bonchev–Trinajstić information content (AvgIpc) is 2.68. The van der Waals surface area contributed by atoms with E-state index in [1.54, 1.807) is 0 Å². The summed E-state index contributed by atoms with van der Waals surface area (Å²) in [6.45, 7) is 8.22. The zero-order chi connectivity index (χ0) is 10.9. The molecule has 1 unspecified atom stereocenters. The second-order valence-corrected chi connectivity index (χ2v) is 5.24. The lowest BCUT2D eigenvalue weighted by Crippen LogP contribution is -2.31. The molecule has 0 aliphatic carbocycles. The Kier molecular flexibility index (Phi) is 7.03. The van der Waals surface area contributed by atoms with Crippen molar-refractivity contribution >= 4 is 0 Å². The van der Waals surface area contributed by atoms with Gasteiger partial charge in [0.1, 0.15) is 0 Å².